The molecule has 1 saturated heterocycles. The van der Waals surface area contributed by atoms with E-state index >= 15 is 0 Å². The lowest BCUT2D eigenvalue weighted by atomic mass is 9.73. The van der Waals surface area contributed by atoms with Crippen molar-refractivity contribution in [3.05, 3.63) is 101 Å². The van der Waals surface area contributed by atoms with E-state index in [1.54, 1.807) is 6.07 Å². The van der Waals surface area contributed by atoms with Crippen LogP contribution in [-0.2, 0) is 9.31 Å². The van der Waals surface area contributed by atoms with Gasteiger partial charge in [-0.25, -0.2) is 4.39 Å². The van der Waals surface area contributed by atoms with E-state index in [-0.39, 0.29) is 5.82 Å². The summed E-state index contributed by atoms with van der Waals surface area (Å²) in [4.78, 5) is 0. The average molecular weight is 414 g/mol. The molecule has 0 aliphatic carbocycles. The maximum Gasteiger partial charge on any atom is 0.495 e. The fourth-order valence-electron chi connectivity index (χ4n) is 3.83. The Morgan fingerprint density at radius 3 is 2.03 bits per heavy atom. The van der Waals surface area contributed by atoms with Gasteiger partial charge in [-0.1, -0.05) is 66.7 Å². The Bertz CT molecular complexity index is 1100. The van der Waals surface area contributed by atoms with E-state index in [2.05, 4.69) is 12.1 Å². The van der Waals surface area contributed by atoms with Gasteiger partial charge in [0.1, 0.15) is 5.82 Å². The highest BCUT2D eigenvalue weighted by Gasteiger charge is 2.52. The van der Waals surface area contributed by atoms with Crippen LogP contribution in [0.1, 0.15) is 49.9 Å². The lowest BCUT2D eigenvalue weighted by Crippen LogP contribution is -2.41. The van der Waals surface area contributed by atoms with Gasteiger partial charge in [0.25, 0.3) is 0 Å². The van der Waals surface area contributed by atoms with Crippen LogP contribution in [-0.4, -0.2) is 18.3 Å². The molecule has 2 nitrogen and oxygen atoms in total. The number of halogens is 1. The van der Waals surface area contributed by atoms with Crippen LogP contribution < -0.4 is 5.46 Å². The van der Waals surface area contributed by atoms with Crippen molar-refractivity contribution in [3.8, 4) is 0 Å². The Kier molecular flexibility index (Phi) is 5.63. The molecule has 0 aromatic heterocycles. The number of benzene rings is 3. The highest BCUT2D eigenvalue weighted by atomic mass is 19.1. The molecular weight excluding hydrogens is 386 g/mol. The summed E-state index contributed by atoms with van der Waals surface area (Å²) in [6.45, 7) is 10.0. The second-order valence-electron chi connectivity index (χ2n) is 9.06. The standard InChI is InChI=1S/C27H28BFO2/c1-19-21(15-11-17-25(19)29)23(18-20-12-7-6-8-13-20)22-14-9-10-16-24(22)28-30-26(2,3)27(4,5)31-28/h6-18H,1-5H3/b23-18+. The van der Waals surface area contributed by atoms with Crippen LogP contribution >= 0.6 is 0 Å². The van der Waals surface area contributed by atoms with Gasteiger partial charge in [-0.3, -0.25) is 0 Å². The first kappa shape index (κ1) is 21.5. The molecule has 0 saturated carbocycles. The van der Waals surface area contributed by atoms with Crippen LogP contribution in [0.4, 0.5) is 4.39 Å². The summed E-state index contributed by atoms with van der Waals surface area (Å²) in [6.07, 6.45) is 2.10. The van der Waals surface area contributed by atoms with Crippen molar-refractivity contribution in [2.24, 2.45) is 0 Å². The molecule has 1 aliphatic heterocycles. The van der Waals surface area contributed by atoms with Crippen molar-refractivity contribution in [1.29, 1.82) is 0 Å². The van der Waals surface area contributed by atoms with Gasteiger partial charge >= 0.3 is 7.12 Å². The maximum absolute atomic E-state index is 14.5. The normalized spacial score (nSPS) is 17.7. The molecule has 0 radical (unpaired) electrons. The van der Waals surface area contributed by atoms with Gasteiger partial charge in [0, 0.05) is 0 Å². The molecule has 4 heteroatoms. The summed E-state index contributed by atoms with van der Waals surface area (Å²) in [5.41, 5.74) is 4.48. The monoisotopic (exact) mass is 414 g/mol. The molecule has 0 amide bonds. The third kappa shape index (κ3) is 4.10. The van der Waals surface area contributed by atoms with Crippen molar-refractivity contribution in [2.75, 3.05) is 0 Å². The summed E-state index contributed by atoms with van der Waals surface area (Å²) < 4.78 is 27.2. The minimum Gasteiger partial charge on any atom is -0.399 e. The first-order valence-corrected chi connectivity index (χ1v) is 10.7. The molecule has 1 fully saturated rings. The minimum atomic E-state index is -0.505. The maximum atomic E-state index is 14.5. The lowest BCUT2D eigenvalue weighted by Gasteiger charge is -2.32. The third-order valence-electron chi connectivity index (χ3n) is 6.43. The molecule has 1 aliphatic rings. The van der Waals surface area contributed by atoms with Crippen LogP contribution in [0.25, 0.3) is 11.6 Å². The highest BCUT2D eigenvalue weighted by Crippen LogP contribution is 2.38. The van der Waals surface area contributed by atoms with E-state index in [9.17, 15) is 4.39 Å². The molecule has 4 rings (SSSR count). The molecule has 1 heterocycles. The fraction of sp³-hybridized carbons (Fsp3) is 0.259. The topological polar surface area (TPSA) is 18.5 Å². The van der Waals surface area contributed by atoms with Crippen molar-refractivity contribution < 1.29 is 13.7 Å². The largest absolute Gasteiger partial charge is 0.495 e. The summed E-state index contributed by atoms with van der Waals surface area (Å²) in [5.74, 6) is -0.218. The van der Waals surface area contributed by atoms with E-state index in [0.29, 0.717) is 5.56 Å². The van der Waals surface area contributed by atoms with Gasteiger partial charge in [0.15, 0.2) is 0 Å². The van der Waals surface area contributed by atoms with E-state index in [4.69, 9.17) is 9.31 Å². The van der Waals surface area contributed by atoms with Crippen LogP contribution in [0.5, 0.6) is 0 Å². The van der Waals surface area contributed by atoms with Crippen molar-refractivity contribution in [2.45, 2.75) is 45.8 Å². The number of hydrogen-bond donors (Lipinski definition) is 0. The van der Waals surface area contributed by atoms with E-state index in [0.717, 1.165) is 27.7 Å². The molecule has 0 unspecified atom stereocenters. The predicted molar refractivity (Wildman–Crippen MR) is 127 cm³/mol. The smallest absolute Gasteiger partial charge is 0.399 e. The Morgan fingerprint density at radius 1 is 0.774 bits per heavy atom. The van der Waals surface area contributed by atoms with Gasteiger partial charge in [-0.2, -0.15) is 0 Å². The molecule has 0 spiro atoms. The lowest BCUT2D eigenvalue weighted by molar-refractivity contribution is 0.00578. The van der Waals surface area contributed by atoms with E-state index < -0.39 is 18.3 Å². The Hall–Kier alpha value is -2.69. The summed E-state index contributed by atoms with van der Waals surface area (Å²) in [7, 11) is -0.505. The van der Waals surface area contributed by atoms with E-state index in [1.807, 2.05) is 89.2 Å². The zero-order valence-electron chi connectivity index (χ0n) is 18.8. The van der Waals surface area contributed by atoms with Gasteiger partial charge in [0.05, 0.1) is 11.2 Å². The first-order valence-electron chi connectivity index (χ1n) is 10.7. The fourth-order valence-corrected chi connectivity index (χ4v) is 3.83. The Balaban J connectivity index is 1.90. The second-order valence-corrected chi connectivity index (χ2v) is 9.06. The molecule has 3 aromatic rings. The molecule has 0 N–H and O–H groups in total. The predicted octanol–water partition coefficient (Wildman–Crippen LogP) is 6.02. The highest BCUT2D eigenvalue weighted by molar-refractivity contribution is 6.63. The van der Waals surface area contributed by atoms with Crippen LogP contribution in [0.3, 0.4) is 0 Å². The SMILES string of the molecule is Cc1c(F)cccc1/C(=C\c1ccccc1)c1ccccc1B1OC(C)(C)C(C)(C)O1. The van der Waals surface area contributed by atoms with E-state index in [1.165, 1.54) is 6.07 Å². The van der Waals surface area contributed by atoms with Gasteiger partial charge in [-0.05, 0) is 80.1 Å². The molecular formula is C27H28BFO2. The Labute approximate surface area is 184 Å². The van der Waals surface area contributed by atoms with Crippen molar-refractivity contribution >= 4 is 24.2 Å². The zero-order valence-corrected chi connectivity index (χ0v) is 18.8. The quantitative estimate of drug-likeness (QED) is 0.384. The average Bonchev–Trinajstić information content (AvgIpc) is 2.96. The van der Waals surface area contributed by atoms with Gasteiger partial charge in [0.2, 0.25) is 0 Å². The number of hydrogen-bond acceptors (Lipinski definition) is 2. The molecule has 3 aromatic carbocycles. The van der Waals surface area contributed by atoms with Crippen molar-refractivity contribution in [1.82, 2.24) is 0 Å². The molecule has 31 heavy (non-hydrogen) atoms. The minimum absolute atomic E-state index is 0.218. The number of rotatable bonds is 4. The summed E-state index contributed by atoms with van der Waals surface area (Å²) in [6, 6.07) is 23.4. The van der Waals surface area contributed by atoms with Gasteiger partial charge < -0.3 is 9.31 Å². The Morgan fingerprint density at radius 2 is 1.35 bits per heavy atom. The van der Waals surface area contributed by atoms with Crippen molar-refractivity contribution in [3.63, 3.8) is 0 Å². The molecule has 0 atom stereocenters. The van der Waals surface area contributed by atoms with Crippen LogP contribution in [0, 0.1) is 12.7 Å². The van der Waals surface area contributed by atoms with Crippen LogP contribution in [0.2, 0.25) is 0 Å². The second kappa shape index (κ2) is 8.10. The first-order chi connectivity index (χ1) is 14.7. The summed E-state index contributed by atoms with van der Waals surface area (Å²) >= 11 is 0. The summed E-state index contributed by atoms with van der Waals surface area (Å²) in [5, 5.41) is 0. The molecule has 0 bridgehead atoms. The van der Waals surface area contributed by atoms with Crippen LogP contribution in [0.15, 0.2) is 72.8 Å². The molecule has 158 valence electrons. The third-order valence-corrected chi connectivity index (χ3v) is 6.43. The zero-order chi connectivity index (χ0) is 22.2. The van der Waals surface area contributed by atoms with Gasteiger partial charge in [-0.15, -0.1) is 0 Å².